The molecule has 2 aliphatic rings. The van der Waals surface area contributed by atoms with Gasteiger partial charge in [0.05, 0.1) is 6.10 Å². The Bertz CT molecular complexity index is 464. The van der Waals surface area contributed by atoms with Gasteiger partial charge < -0.3 is 20.3 Å². The molecule has 2 saturated heterocycles. The molecular weight excluding hydrogens is 463 g/mol. The Hall–Kier alpha value is -0.0800. The van der Waals surface area contributed by atoms with Gasteiger partial charge in [0.15, 0.2) is 5.96 Å². The second-order valence-electron chi connectivity index (χ2n) is 10.1. The maximum Gasteiger partial charge on any atom is 0.190 e. The van der Waals surface area contributed by atoms with Crippen molar-refractivity contribution >= 4 is 29.9 Å². The third-order valence-corrected chi connectivity index (χ3v) is 5.84. The molecule has 3 atom stereocenters. The Balaban J connectivity index is 0.00000392. The highest BCUT2D eigenvalue weighted by Crippen LogP contribution is 2.33. The van der Waals surface area contributed by atoms with Crippen molar-refractivity contribution in [2.24, 2.45) is 28.2 Å². The first-order valence-corrected chi connectivity index (χ1v) is 11.1. The second kappa shape index (κ2) is 12.6. The zero-order chi connectivity index (χ0) is 19.9. The molecule has 28 heavy (non-hydrogen) atoms. The normalized spacial score (nSPS) is 27.4. The maximum atomic E-state index is 6.11. The molecule has 2 heterocycles. The molecule has 0 radical (unpaired) electrons. The smallest absolute Gasteiger partial charge is 0.190 e. The molecule has 0 aromatic carbocycles. The predicted octanol–water partition coefficient (Wildman–Crippen LogP) is 3.98. The van der Waals surface area contributed by atoms with Crippen molar-refractivity contribution in [1.82, 2.24) is 15.5 Å². The Morgan fingerprint density at radius 3 is 2.50 bits per heavy atom. The number of hydrogen-bond acceptors (Lipinski definition) is 3. The van der Waals surface area contributed by atoms with Crippen LogP contribution < -0.4 is 10.6 Å². The van der Waals surface area contributed by atoms with Gasteiger partial charge in [-0.2, -0.15) is 0 Å². The van der Waals surface area contributed by atoms with Crippen LogP contribution in [-0.4, -0.2) is 63.3 Å². The molecule has 5 nitrogen and oxygen atoms in total. The fourth-order valence-electron chi connectivity index (χ4n) is 4.70. The van der Waals surface area contributed by atoms with Crippen LogP contribution in [0.15, 0.2) is 4.99 Å². The molecule has 0 bridgehead atoms. The van der Waals surface area contributed by atoms with Crippen molar-refractivity contribution in [3.05, 3.63) is 0 Å². The van der Waals surface area contributed by atoms with Crippen molar-refractivity contribution in [2.75, 3.05) is 46.4 Å². The highest BCUT2D eigenvalue weighted by atomic mass is 127. The fraction of sp³-hybridized carbons (Fsp3) is 0.955. The van der Waals surface area contributed by atoms with E-state index in [1.165, 1.54) is 45.3 Å². The Kier molecular flexibility index (Phi) is 11.7. The average molecular weight is 509 g/mol. The van der Waals surface area contributed by atoms with E-state index in [1.807, 2.05) is 7.05 Å². The summed E-state index contributed by atoms with van der Waals surface area (Å²) in [6.45, 7) is 18.0. The molecule has 166 valence electrons. The largest absolute Gasteiger partial charge is 0.377 e. The molecule has 3 unspecified atom stereocenters. The number of likely N-dealkylation sites (tertiary alicyclic amines) is 1. The van der Waals surface area contributed by atoms with Crippen LogP contribution in [0.5, 0.6) is 0 Å². The van der Waals surface area contributed by atoms with Crippen LogP contribution in [0.2, 0.25) is 0 Å². The van der Waals surface area contributed by atoms with Crippen molar-refractivity contribution < 1.29 is 4.74 Å². The van der Waals surface area contributed by atoms with Gasteiger partial charge in [0.25, 0.3) is 0 Å². The first-order chi connectivity index (χ1) is 12.8. The first kappa shape index (κ1) is 26.0. The summed E-state index contributed by atoms with van der Waals surface area (Å²) in [5.41, 5.74) is 0.186. The van der Waals surface area contributed by atoms with Crippen LogP contribution in [0.25, 0.3) is 0 Å². The number of ether oxygens (including phenoxy) is 1. The molecule has 0 aromatic rings. The summed E-state index contributed by atoms with van der Waals surface area (Å²) in [6.07, 6.45) is 5.36. The molecule has 0 aliphatic carbocycles. The lowest BCUT2D eigenvalue weighted by Gasteiger charge is -2.40. The number of rotatable bonds is 6. The van der Waals surface area contributed by atoms with Gasteiger partial charge >= 0.3 is 0 Å². The van der Waals surface area contributed by atoms with Crippen LogP contribution in [0.4, 0.5) is 0 Å². The van der Waals surface area contributed by atoms with E-state index < -0.39 is 0 Å². The number of guanidine groups is 1. The van der Waals surface area contributed by atoms with Gasteiger partial charge in [0, 0.05) is 45.8 Å². The number of nitrogens with one attached hydrogen (secondary N) is 2. The predicted molar refractivity (Wildman–Crippen MR) is 131 cm³/mol. The molecule has 0 amide bonds. The van der Waals surface area contributed by atoms with E-state index in [-0.39, 0.29) is 29.4 Å². The average Bonchev–Trinajstić information content (AvgIpc) is 2.61. The Morgan fingerprint density at radius 2 is 1.86 bits per heavy atom. The molecule has 2 fully saturated rings. The minimum atomic E-state index is 0. The van der Waals surface area contributed by atoms with Crippen molar-refractivity contribution in [3.63, 3.8) is 0 Å². The van der Waals surface area contributed by atoms with E-state index in [0.717, 1.165) is 37.5 Å². The van der Waals surface area contributed by atoms with E-state index in [1.54, 1.807) is 0 Å². The summed E-state index contributed by atoms with van der Waals surface area (Å²) in [5.74, 6) is 2.96. The van der Waals surface area contributed by atoms with Gasteiger partial charge in [-0.05, 0) is 49.5 Å². The highest BCUT2D eigenvalue weighted by molar-refractivity contribution is 14.0. The third-order valence-electron chi connectivity index (χ3n) is 5.84. The van der Waals surface area contributed by atoms with Gasteiger partial charge in [-0.1, -0.05) is 34.6 Å². The van der Waals surface area contributed by atoms with Gasteiger partial charge in [0.2, 0.25) is 0 Å². The highest BCUT2D eigenvalue weighted by Gasteiger charge is 2.35. The summed E-state index contributed by atoms with van der Waals surface area (Å²) >= 11 is 0. The molecule has 0 aromatic heterocycles. The van der Waals surface area contributed by atoms with Gasteiger partial charge in [0.1, 0.15) is 0 Å². The molecule has 0 saturated carbocycles. The number of piperidine rings is 1. The lowest BCUT2D eigenvalue weighted by molar-refractivity contribution is -0.0835. The zero-order valence-electron chi connectivity index (χ0n) is 19.1. The summed E-state index contributed by atoms with van der Waals surface area (Å²) in [5, 5.41) is 7.15. The minimum Gasteiger partial charge on any atom is -0.377 e. The maximum absolute atomic E-state index is 6.11. The number of halogens is 1. The van der Waals surface area contributed by atoms with Gasteiger partial charge in [-0.3, -0.25) is 4.99 Å². The van der Waals surface area contributed by atoms with E-state index in [4.69, 9.17) is 4.74 Å². The van der Waals surface area contributed by atoms with E-state index in [2.05, 4.69) is 55.1 Å². The first-order valence-electron chi connectivity index (χ1n) is 11.1. The number of aliphatic imine (C=N–C) groups is 1. The third kappa shape index (κ3) is 8.74. The minimum absolute atomic E-state index is 0. The standard InChI is InChI=1S/C22H44N4O.HI/c1-17(2)15-26-11-7-9-18(16-26)13-24-21(23-6)25-14-19-10-8-12-27-20(19)22(3,4)5;/h17-20H,7-16H2,1-6H3,(H2,23,24,25);1H. The van der Waals surface area contributed by atoms with Crippen molar-refractivity contribution in [2.45, 2.75) is 66.4 Å². The monoisotopic (exact) mass is 508 g/mol. The van der Waals surface area contributed by atoms with E-state index in [0.29, 0.717) is 12.0 Å². The molecule has 6 heteroatoms. The molecule has 2 rings (SSSR count). The lowest BCUT2D eigenvalue weighted by Crippen LogP contribution is -2.49. The number of nitrogens with zero attached hydrogens (tertiary/aromatic N) is 2. The second-order valence-corrected chi connectivity index (χ2v) is 10.1. The Morgan fingerprint density at radius 1 is 1.14 bits per heavy atom. The lowest BCUT2D eigenvalue weighted by atomic mass is 9.78. The van der Waals surface area contributed by atoms with Crippen molar-refractivity contribution in [1.29, 1.82) is 0 Å². The van der Waals surface area contributed by atoms with Crippen LogP contribution in [0, 0.1) is 23.2 Å². The Labute approximate surface area is 190 Å². The summed E-state index contributed by atoms with van der Waals surface area (Å²) in [4.78, 5) is 7.08. The molecule has 2 N–H and O–H groups in total. The van der Waals surface area contributed by atoms with E-state index >= 15 is 0 Å². The van der Waals surface area contributed by atoms with Crippen molar-refractivity contribution in [3.8, 4) is 0 Å². The van der Waals surface area contributed by atoms with Gasteiger partial charge in [-0.25, -0.2) is 0 Å². The van der Waals surface area contributed by atoms with Crippen LogP contribution in [0.3, 0.4) is 0 Å². The fourth-order valence-corrected chi connectivity index (χ4v) is 4.70. The van der Waals surface area contributed by atoms with Crippen LogP contribution >= 0.6 is 24.0 Å². The molecule has 2 aliphatic heterocycles. The zero-order valence-corrected chi connectivity index (χ0v) is 21.4. The molecule has 0 spiro atoms. The van der Waals surface area contributed by atoms with Crippen LogP contribution in [0.1, 0.15) is 60.3 Å². The topological polar surface area (TPSA) is 48.9 Å². The van der Waals surface area contributed by atoms with Crippen LogP contribution in [-0.2, 0) is 4.74 Å². The quantitative estimate of drug-likeness (QED) is 0.324. The van der Waals surface area contributed by atoms with E-state index in [9.17, 15) is 0 Å². The number of hydrogen-bond donors (Lipinski definition) is 2. The summed E-state index contributed by atoms with van der Waals surface area (Å²) in [6, 6.07) is 0. The SMILES string of the molecule is CN=C(NCC1CCCN(CC(C)C)C1)NCC1CCCOC1C(C)(C)C.I. The summed E-state index contributed by atoms with van der Waals surface area (Å²) in [7, 11) is 1.87. The molecular formula is C22H45IN4O. The summed E-state index contributed by atoms with van der Waals surface area (Å²) < 4.78 is 6.11. The van der Waals surface area contributed by atoms with Gasteiger partial charge in [-0.15, -0.1) is 24.0 Å².